The Labute approximate surface area is 88.8 Å². The second-order valence-corrected chi connectivity index (χ2v) is 3.68. The number of nitrogens with two attached hydrogens (primary N) is 1. The lowest BCUT2D eigenvalue weighted by molar-refractivity contribution is 0.763. The molecule has 0 amide bonds. The monoisotopic (exact) mass is 202 g/mol. The Bertz CT molecular complexity index is 499. The van der Waals surface area contributed by atoms with E-state index in [-0.39, 0.29) is 0 Å². The predicted molar refractivity (Wildman–Crippen MR) is 60.3 cm³/mol. The van der Waals surface area contributed by atoms with Gasteiger partial charge in [-0.1, -0.05) is 6.07 Å². The highest BCUT2D eigenvalue weighted by Crippen LogP contribution is 2.23. The Morgan fingerprint density at radius 3 is 2.60 bits per heavy atom. The summed E-state index contributed by atoms with van der Waals surface area (Å²) in [6.07, 6.45) is 0. The summed E-state index contributed by atoms with van der Waals surface area (Å²) in [4.78, 5) is 4.38. The molecule has 2 aromatic rings. The highest BCUT2D eigenvalue weighted by Gasteiger charge is 2.09. The molecular weight excluding hydrogens is 188 g/mol. The van der Waals surface area contributed by atoms with Crippen LogP contribution in [0.3, 0.4) is 0 Å². The minimum absolute atomic E-state index is 0.747. The molecule has 2 N–H and O–H groups in total. The fourth-order valence-corrected chi connectivity index (χ4v) is 1.63. The van der Waals surface area contributed by atoms with Crippen LogP contribution in [0.5, 0.6) is 0 Å². The highest BCUT2D eigenvalue weighted by molar-refractivity contribution is 5.65. The Hall–Kier alpha value is -1.84. The van der Waals surface area contributed by atoms with E-state index in [0.29, 0.717) is 0 Å². The van der Waals surface area contributed by atoms with Gasteiger partial charge in [-0.3, -0.25) is 0 Å². The molecule has 0 aliphatic heterocycles. The quantitative estimate of drug-likeness (QED) is 0.716. The van der Waals surface area contributed by atoms with E-state index in [4.69, 9.17) is 5.73 Å². The Morgan fingerprint density at radius 1 is 1.27 bits per heavy atom. The first-order valence-electron chi connectivity index (χ1n) is 4.82. The van der Waals surface area contributed by atoms with Crippen molar-refractivity contribution >= 4 is 5.69 Å². The number of aryl methyl sites for hydroxylation is 3. The first-order chi connectivity index (χ1) is 7.08. The van der Waals surface area contributed by atoms with Crippen LogP contribution in [0, 0.1) is 13.8 Å². The summed E-state index contributed by atoms with van der Waals surface area (Å²) < 4.78 is 1.77. The lowest BCUT2D eigenvalue weighted by atomic mass is 10.1. The van der Waals surface area contributed by atoms with Crippen molar-refractivity contribution in [1.82, 2.24) is 14.8 Å². The van der Waals surface area contributed by atoms with Crippen molar-refractivity contribution in [2.75, 3.05) is 5.73 Å². The predicted octanol–water partition coefficient (Wildman–Crippen LogP) is 1.68. The van der Waals surface area contributed by atoms with E-state index in [1.54, 1.807) is 4.68 Å². The van der Waals surface area contributed by atoms with Crippen LogP contribution in [0.4, 0.5) is 5.69 Å². The zero-order valence-electron chi connectivity index (χ0n) is 9.15. The van der Waals surface area contributed by atoms with E-state index in [1.807, 2.05) is 39.1 Å². The first-order valence-corrected chi connectivity index (χ1v) is 4.82. The van der Waals surface area contributed by atoms with Crippen LogP contribution in [0.1, 0.15) is 11.4 Å². The van der Waals surface area contributed by atoms with Gasteiger partial charge in [-0.15, -0.1) is 0 Å². The van der Waals surface area contributed by atoms with E-state index in [2.05, 4.69) is 10.1 Å². The van der Waals surface area contributed by atoms with Gasteiger partial charge in [0.25, 0.3) is 0 Å². The summed E-state index contributed by atoms with van der Waals surface area (Å²) in [7, 11) is 1.89. The van der Waals surface area contributed by atoms with Gasteiger partial charge >= 0.3 is 0 Å². The van der Waals surface area contributed by atoms with Gasteiger partial charge in [-0.25, -0.2) is 9.67 Å². The van der Waals surface area contributed by atoms with Gasteiger partial charge in [0, 0.05) is 18.3 Å². The fourth-order valence-electron chi connectivity index (χ4n) is 1.63. The molecule has 0 spiro atoms. The molecule has 0 fully saturated rings. The van der Waals surface area contributed by atoms with E-state index in [9.17, 15) is 0 Å². The Kier molecular flexibility index (Phi) is 2.19. The summed E-state index contributed by atoms with van der Waals surface area (Å²) in [5, 5.41) is 4.22. The number of anilines is 1. The van der Waals surface area contributed by atoms with Crippen LogP contribution in [0.15, 0.2) is 18.2 Å². The first kappa shape index (κ1) is 9.71. The molecule has 4 heteroatoms. The molecule has 0 atom stereocenters. The number of hydrogen-bond acceptors (Lipinski definition) is 3. The van der Waals surface area contributed by atoms with E-state index >= 15 is 0 Å². The van der Waals surface area contributed by atoms with Crippen molar-refractivity contribution in [3.05, 3.63) is 29.6 Å². The van der Waals surface area contributed by atoms with Crippen LogP contribution >= 0.6 is 0 Å². The Morgan fingerprint density at radius 2 is 2.00 bits per heavy atom. The molecule has 0 saturated carbocycles. The third-order valence-electron chi connectivity index (χ3n) is 2.37. The molecule has 0 radical (unpaired) electrons. The molecule has 2 rings (SSSR count). The van der Waals surface area contributed by atoms with Gasteiger partial charge in [0.2, 0.25) is 0 Å². The summed E-state index contributed by atoms with van der Waals surface area (Å²) in [5.74, 6) is 1.63. The second kappa shape index (κ2) is 3.38. The molecule has 78 valence electrons. The lowest BCUT2D eigenvalue weighted by Gasteiger charge is -2.05. The summed E-state index contributed by atoms with van der Waals surface area (Å²) in [6, 6.07) is 5.82. The molecule has 0 unspecified atom stereocenters. The number of hydrogen-bond donors (Lipinski definition) is 1. The normalized spacial score (nSPS) is 10.6. The van der Waals surface area contributed by atoms with Gasteiger partial charge in [0.1, 0.15) is 5.82 Å². The van der Waals surface area contributed by atoms with Gasteiger partial charge in [0.15, 0.2) is 5.82 Å². The molecule has 0 aliphatic carbocycles. The Balaban J connectivity index is 2.62. The van der Waals surface area contributed by atoms with Gasteiger partial charge in [-0.05, 0) is 31.5 Å². The number of aromatic nitrogens is 3. The molecule has 0 bridgehead atoms. The minimum Gasteiger partial charge on any atom is -0.399 e. The maximum absolute atomic E-state index is 5.76. The molecule has 1 aromatic carbocycles. The standard InChI is InChI=1S/C11H14N4/c1-7-4-5-9(12)6-10(7)11-13-8(2)14-15(11)3/h4-6H,12H2,1-3H3. The molecule has 0 saturated heterocycles. The highest BCUT2D eigenvalue weighted by atomic mass is 15.3. The zero-order chi connectivity index (χ0) is 11.0. The van der Waals surface area contributed by atoms with Gasteiger partial charge < -0.3 is 5.73 Å². The third-order valence-corrected chi connectivity index (χ3v) is 2.37. The molecular formula is C11H14N4. The maximum atomic E-state index is 5.76. The molecule has 0 aliphatic rings. The molecule has 1 aromatic heterocycles. The topological polar surface area (TPSA) is 56.7 Å². The van der Waals surface area contributed by atoms with Crippen molar-refractivity contribution in [3.63, 3.8) is 0 Å². The maximum Gasteiger partial charge on any atom is 0.158 e. The molecule has 15 heavy (non-hydrogen) atoms. The largest absolute Gasteiger partial charge is 0.399 e. The average molecular weight is 202 g/mol. The van der Waals surface area contributed by atoms with Crippen molar-refractivity contribution in [2.24, 2.45) is 7.05 Å². The molecule has 1 heterocycles. The van der Waals surface area contributed by atoms with E-state index in [0.717, 1.165) is 28.5 Å². The van der Waals surface area contributed by atoms with Crippen LogP contribution in [0.25, 0.3) is 11.4 Å². The number of benzene rings is 1. The minimum atomic E-state index is 0.747. The number of nitrogen functional groups attached to an aromatic ring is 1. The van der Waals surface area contributed by atoms with Crippen molar-refractivity contribution in [3.8, 4) is 11.4 Å². The average Bonchev–Trinajstić information content (AvgIpc) is 2.50. The zero-order valence-corrected chi connectivity index (χ0v) is 9.15. The van der Waals surface area contributed by atoms with Crippen molar-refractivity contribution < 1.29 is 0 Å². The summed E-state index contributed by atoms with van der Waals surface area (Å²) >= 11 is 0. The smallest absolute Gasteiger partial charge is 0.158 e. The van der Waals surface area contributed by atoms with Crippen LogP contribution in [0.2, 0.25) is 0 Å². The fraction of sp³-hybridized carbons (Fsp3) is 0.273. The number of nitrogens with zero attached hydrogens (tertiary/aromatic N) is 3. The van der Waals surface area contributed by atoms with Crippen molar-refractivity contribution in [2.45, 2.75) is 13.8 Å². The van der Waals surface area contributed by atoms with Crippen molar-refractivity contribution in [1.29, 1.82) is 0 Å². The second-order valence-electron chi connectivity index (χ2n) is 3.68. The summed E-state index contributed by atoms with van der Waals surface area (Å²) in [6.45, 7) is 3.92. The third kappa shape index (κ3) is 1.70. The van der Waals surface area contributed by atoms with E-state index < -0.39 is 0 Å². The SMILES string of the molecule is Cc1nc(-c2cc(N)ccc2C)n(C)n1. The lowest BCUT2D eigenvalue weighted by Crippen LogP contribution is -1.97. The van der Waals surface area contributed by atoms with Gasteiger partial charge in [0.05, 0.1) is 0 Å². The number of rotatable bonds is 1. The van der Waals surface area contributed by atoms with E-state index in [1.165, 1.54) is 0 Å². The van der Waals surface area contributed by atoms with Gasteiger partial charge in [-0.2, -0.15) is 5.10 Å². The van der Waals surface area contributed by atoms with Crippen LogP contribution in [-0.2, 0) is 7.05 Å². The summed E-state index contributed by atoms with van der Waals surface area (Å²) in [5.41, 5.74) is 8.70. The van der Waals surface area contributed by atoms with Crippen LogP contribution in [-0.4, -0.2) is 14.8 Å². The van der Waals surface area contributed by atoms with Crippen LogP contribution < -0.4 is 5.73 Å². The molecule has 4 nitrogen and oxygen atoms in total.